The maximum atomic E-state index is 5.49. The third kappa shape index (κ3) is 4.15. The van der Waals surface area contributed by atoms with Crippen molar-refractivity contribution < 1.29 is 4.52 Å². The third-order valence-electron chi connectivity index (χ3n) is 4.44. The lowest BCUT2D eigenvalue weighted by atomic mass is 9.90. The van der Waals surface area contributed by atoms with Crippen LogP contribution in [0.5, 0.6) is 0 Å². The molecule has 0 atom stereocenters. The van der Waals surface area contributed by atoms with Gasteiger partial charge < -0.3 is 10.3 Å². The Morgan fingerprint density at radius 3 is 2.64 bits per heavy atom. The molecule has 1 saturated heterocycles. The summed E-state index contributed by atoms with van der Waals surface area (Å²) in [7, 11) is 0. The number of likely N-dealkylation sites (tertiary alicyclic amines) is 1. The van der Waals surface area contributed by atoms with Crippen LogP contribution < -0.4 is 5.73 Å². The zero-order chi connectivity index (χ0) is 15.2. The van der Waals surface area contributed by atoms with Gasteiger partial charge in [0.15, 0.2) is 5.82 Å². The minimum atomic E-state index is 0.314. The lowest BCUT2D eigenvalue weighted by molar-refractivity contribution is 0.167. The van der Waals surface area contributed by atoms with Crippen molar-refractivity contribution in [3.8, 4) is 0 Å². The van der Waals surface area contributed by atoms with E-state index in [1.165, 1.54) is 31.2 Å². The van der Waals surface area contributed by atoms with Gasteiger partial charge in [-0.2, -0.15) is 4.98 Å². The molecule has 0 amide bonds. The van der Waals surface area contributed by atoms with Gasteiger partial charge in [-0.05, 0) is 50.3 Å². The number of rotatable bonds is 6. The summed E-state index contributed by atoms with van der Waals surface area (Å²) in [5.41, 5.74) is 6.94. The summed E-state index contributed by atoms with van der Waals surface area (Å²) < 4.78 is 5.05. The normalized spacial score (nSPS) is 17.0. The number of piperidine rings is 1. The number of aryl methyl sites for hydroxylation is 1. The smallest absolute Gasteiger partial charge is 0.240 e. The molecule has 0 bridgehead atoms. The first-order valence-electron chi connectivity index (χ1n) is 8.11. The second-order valence-corrected chi connectivity index (χ2v) is 6.05. The number of benzene rings is 1. The second kappa shape index (κ2) is 7.51. The highest BCUT2D eigenvalue weighted by Crippen LogP contribution is 2.23. The molecule has 0 radical (unpaired) electrons. The van der Waals surface area contributed by atoms with Crippen LogP contribution in [0.15, 0.2) is 34.9 Å². The predicted molar refractivity (Wildman–Crippen MR) is 85.0 cm³/mol. The molecule has 5 heteroatoms. The molecule has 5 nitrogen and oxygen atoms in total. The summed E-state index contributed by atoms with van der Waals surface area (Å²) in [6.45, 7) is 3.32. The van der Waals surface area contributed by atoms with Gasteiger partial charge in [0.05, 0.1) is 13.1 Å². The molecule has 2 aromatic rings. The maximum Gasteiger partial charge on any atom is 0.240 e. The van der Waals surface area contributed by atoms with Crippen LogP contribution in [0.1, 0.15) is 36.5 Å². The zero-order valence-electron chi connectivity index (χ0n) is 12.9. The lowest BCUT2D eigenvalue weighted by Crippen LogP contribution is -2.33. The van der Waals surface area contributed by atoms with Crippen LogP contribution in [-0.4, -0.2) is 28.1 Å². The highest BCUT2D eigenvalue weighted by Gasteiger charge is 2.20. The average molecular weight is 300 g/mol. The van der Waals surface area contributed by atoms with Gasteiger partial charge in [0.1, 0.15) is 0 Å². The summed E-state index contributed by atoms with van der Waals surface area (Å²) in [5, 5.41) is 3.97. The van der Waals surface area contributed by atoms with Crippen LogP contribution >= 0.6 is 0 Å². The van der Waals surface area contributed by atoms with Gasteiger partial charge in [-0.1, -0.05) is 35.5 Å². The first-order valence-corrected chi connectivity index (χ1v) is 8.11. The fourth-order valence-electron chi connectivity index (χ4n) is 3.09. The van der Waals surface area contributed by atoms with Gasteiger partial charge >= 0.3 is 0 Å². The highest BCUT2D eigenvalue weighted by molar-refractivity contribution is 5.14. The number of hydrogen-bond donors (Lipinski definition) is 1. The Balaban J connectivity index is 1.40. The van der Waals surface area contributed by atoms with Crippen LogP contribution in [0.25, 0.3) is 0 Å². The molecule has 0 saturated carbocycles. The quantitative estimate of drug-likeness (QED) is 0.887. The fraction of sp³-hybridized carbons (Fsp3) is 0.529. The Morgan fingerprint density at radius 2 is 1.95 bits per heavy atom. The van der Waals surface area contributed by atoms with E-state index in [-0.39, 0.29) is 0 Å². The molecule has 1 aromatic heterocycles. The molecule has 0 unspecified atom stereocenters. The second-order valence-electron chi connectivity index (χ2n) is 6.05. The first kappa shape index (κ1) is 15.2. The van der Waals surface area contributed by atoms with Gasteiger partial charge in [-0.15, -0.1) is 0 Å². The Morgan fingerprint density at radius 1 is 1.18 bits per heavy atom. The van der Waals surface area contributed by atoms with Crippen LogP contribution in [-0.2, 0) is 19.5 Å². The van der Waals surface area contributed by atoms with E-state index in [4.69, 9.17) is 10.3 Å². The first-order chi connectivity index (χ1) is 10.8. The van der Waals surface area contributed by atoms with Gasteiger partial charge in [0, 0.05) is 0 Å². The molecular formula is C17H24N4O. The molecule has 22 heavy (non-hydrogen) atoms. The average Bonchev–Trinajstić information content (AvgIpc) is 3.03. The monoisotopic (exact) mass is 300 g/mol. The molecule has 1 aromatic carbocycles. The van der Waals surface area contributed by atoms with E-state index in [1.807, 2.05) is 0 Å². The van der Waals surface area contributed by atoms with E-state index < -0.39 is 0 Å². The van der Waals surface area contributed by atoms with Gasteiger partial charge in [-0.25, -0.2) is 0 Å². The fourth-order valence-corrected chi connectivity index (χ4v) is 3.09. The Bertz CT molecular complexity index is 561. The maximum absolute atomic E-state index is 5.49. The lowest BCUT2D eigenvalue weighted by Gasteiger charge is -2.31. The molecule has 3 rings (SSSR count). The Labute approximate surface area is 131 Å². The Hall–Kier alpha value is -1.72. The van der Waals surface area contributed by atoms with Crippen LogP contribution in [0, 0.1) is 5.92 Å². The molecule has 1 aliphatic heterocycles. The summed E-state index contributed by atoms with van der Waals surface area (Å²) in [5.74, 6) is 2.11. The number of aromatic nitrogens is 2. The van der Waals surface area contributed by atoms with E-state index >= 15 is 0 Å². The largest absolute Gasteiger partial charge is 0.338 e. The molecule has 0 aliphatic carbocycles. The SMILES string of the molecule is NCc1nc(CN2CCC(CCc3ccccc3)CC2)no1. The number of nitrogens with zero attached hydrogens (tertiary/aromatic N) is 3. The summed E-state index contributed by atoms with van der Waals surface area (Å²) in [6.07, 6.45) is 5.00. The molecule has 2 N–H and O–H groups in total. The van der Waals surface area contributed by atoms with Crippen molar-refractivity contribution in [2.45, 2.75) is 38.8 Å². The van der Waals surface area contributed by atoms with Gasteiger partial charge in [0.2, 0.25) is 5.89 Å². The molecule has 0 spiro atoms. The molecular weight excluding hydrogens is 276 g/mol. The van der Waals surface area contributed by atoms with Crippen LogP contribution in [0.3, 0.4) is 0 Å². The molecule has 118 valence electrons. The van der Waals surface area contributed by atoms with E-state index in [1.54, 1.807) is 0 Å². The van der Waals surface area contributed by atoms with Gasteiger partial charge in [0.25, 0.3) is 0 Å². The summed E-state index contributed by atoms with van der Waals surface area (Å²) >= 11 is 0. The number of hydrogen-bond acceptors (Lipinski definition) is 5. The minimum absolute atomic E-state index is 0.314. The number of nitrogens with two attached hydrogens (primary N) is 1. The van der Waals surface area contributed by atoms with E-state index in [0.29, 0.717) is 12.4 Å². The van der Waals surface area contributed by atoms with E-state index in [0.717, 1.165) is 31.4 Å². The van der Waals surface area contributed by atoms with Crippen LogP contribution in [0.2, 0.25) is 0 Å². The topological polar surface area (TPSA) is 68.2 Å². The van der Waals surface area contributed by atoms with E-state index in [2.05, 4.69) is 45.4 Å². The summed E-state index contributed by atoms with van der Waals surface area (Å²) in [6, 6.07) is 10.8. The van der Waals surface area contributed by atoms with Crippen molar-refractivity contribution >= 4 is 0 Å². The highest BCUT2D eigenvalue weighted by atomic mass is 16.5. The zero-order valence-corrected chi connectivity index (χ0v) is 12.9. The van der Waals surface area contributed by atoms with Crippen molar-refractivity contribution in [2.75, 3.05) is 13.1 Å². The molecule has 1 aliphatic rings. The van der Waals surface area contributed by atoms with Crippen molar-refractivity contribution in [1.29, 1.82) is 0 Å². The third-order valence-corrected chi connectivity index (χ3v) is 4.44. The Kier molecular flexibility index (Phi) is 5.19. The van der Waals surface area contributed by atoms with E-state index in [9.17, 15) is 0 Å². The van der Waals surface area contributed by atoms with Crippen molar-refractivity contribution in [1.82, 2.24) is 15.0 Å². The molecule has 2 heterocycles. The van der Waals surface area contributed by atoms with Crippen molar-refractivity contribution in [3.63, 3.8) is 0 Å². The molecule has 1 fully saturated rings. The van der Waals surface area contributed by atoms with Crippen molar-refractivity contribution in [3.05, 3.63) is 47.6 Å². The standard InChI is InChI=1S/C17H24N4O/c18-12-17-19-16(20-22-17)13-21-10-8-15(9-11-21)7-6-14-4-2-1-3-5-14/h1-5,15H,6-13,18H2. The van der Waals surface area contributed by atoms with Gasteiger partial charge in [-0.3, -0.25) is 4.90 Å². The minimum Gasteiger partial charge on any atom is -0.338 e. The predicted octanol–water partition coefficient (Wildman–Crippen LogP) is 2.37. The van der Waals surface area contributed by atoms with Crippen molar-refractivity contribution in [2.24, 2.45) is 11.7 Å². The van der Waals surface area contributed by atoms with Crippen LogP contribution in [0.4, 0.5) is 0 Å². The summed E-state index contributed by atoms with van der Waals surface area (Å²) in [4.78, 5) is 6.68.